The molecule has 0 saturated carbocycles. The lowest BCUT2D eigenvalue weighted by Crippen LogP contribution is -2.42. The van der Waals surface area contributed by atoms with Gasteiger partial charge in [0.2, 0.25) is 11.8 Å². The van der Waals surface area contributed by atoms with Crippen LogP contribution in [0.1, 0.15) is 57.7 Å². The molecule has 3 aromatic rings. The van der Waals surface area contributed by atoms with Gasteiger partial charge >= 0.3 is 6.09 Å². The third-order valence-electron chi connectivity index (χ3n) is 5.87. The van der Waals surface area contributed by atoms with E-state index in [1.165, 1.54) is 6.07 Å². The summed E-state index contributed by atoms with van der Waals surface area (Å²) in [5, 5.41) is 2.88. The van der Waals surface area contributed by atoms with E-state index in [-0.39, 0.29) is 35.3 Å². The fourth-order valence-corrected chi connectivity index (χ4v) is 5.30. The minimum Gasteiger partial charge on any atom is -0.475 e. The number of nitrogens with zero attached hydrogens (tertiary/aromatic N) is 2. The van der Waals surface area contributed by atoms with E-state index in [2.05, 4.69) is 20.0 Å². The van der Waals surface area contributed by atoms with Crippen LogP contribution in [-0.2, 0) is 14.8 Å². The van der Waals surface area contributed by atoms with E-state index in [9.17, 15) is 13.2 Å². The van der Waals surface area contributed by atoms with Gasteiger partial charge in [0.15, 0.2) is 0 Å². The van der Waals surface area contributed by atoms with Crippen molar-refractivity contribution >= 4 is 22.1 Å². The topological polar surface area (TPSA) is 120 Å². The lowest BCUT2D eigenvalue weighted by Gasteiger charge is -2.24. The second-order valence-corrected chi connectivity index (χ2v) is 13.1. The molecule has 1 amide bonds. The van der Waals surface area contributed by atoms with Crippen LogP contribution in [0.5, 0.6) is 5.88 Å². The van der Waals surface area contributed by atoms with E-state index in [0.717, 1.165) is 22.3 Å². The number of aromatic nitrogens is 2. The molecule has 0 aliphatic rings. The third-order valence-corrected chi connectivity index (χ3v) is 7.20. The molecule has 0 aliphatic carbocycles. The third kappa shape index (κ3) is 8.94. The molecule has 0 aliphatic heterocycles. The van der Waals surface area contributed by atoms with Crippen molar-refractivity contribution in [2.45, 2.75) is 78.3 Å². The van der Waals surface area contributed by atoms with Crippen LogP contribution in [0.25, 0.3) is 11.3 Å². The first-order valence-electron chi connectivity index (χ1n) is 13.3. The van der Waals surface area contributed by atoms with Gasteiger partial charge in [-0.15, -0.1) is 0 Å². The molecule has 1 atom stereocenters. The standard InChI is InChI=1S/C30H40N4O5S/c1-19(2)15-23(31-29(35)39-30(6,7)8)18-38-26-17-25(27-21(4)12-10-13-22(27)5)32-28(33-26)34-40(36,37)24-14-9-11-20(3)16-24/h9-14,16-17,19,23H,15,18H2,1-8H3,(H,31,35)(H,32,33,34)/t23-/m1/s1. The monoisotopic (exact) mass is 568 g/mol. The summed E-state index contributed by atoms with van der Waals surface area (Å²) in [4.78, 5) is 21.5. The van der Waals surface area contributed by atoms with Crippen LogP contribution in [0.3, 0.4) is 0 Å². The number of carbonyl (C=O) groups is 1. The fraction of sp³-hybridized carbons (Fsp3) is 0.433. The fourth-order valence-electron chi connectivity index (χ4n) is 4.25. The van der Waals surface area contributed by atoms with Gasteiger partial charge in [-0.25, -0.2) is 22.9 Å². The van der Waals surface area contributed by atoms with Crippen molar-refractivity contribution in [3.63, 3.8) is 0 Å². The molecule has 2 N–H and O–H groups in total. The molecule has 2 aromatic carbocycles. The number of rotatable bonds is 10. The van der Waals surface area contributed by atoms with Gasteiger partial charge in [-0.1, -0.05) is 44.2 Å². The second-order valence-electron chi connectivity index (χ2n) is 11.4. The Hall–Kier alpha value is -3.66. The maximum Gasteiger partial charge on any atom is 0.407 e. The highest BCUT2D eigenvalue weighted by atomic mass is 32.2. The average molecular weight is 569 g/mol. The molecular formula is C30H40N4O5S. The SMILES string of the molecule is Cc1cccc(S(=O)(=O)Nc2nc(OC[C@@H](CC(C)C)NC(=O)OC(C)(C)C)cc(-c3c(C)cccc3C)n2)c1. The maximum absolute atomic E-state index is 13.2. The summed E-state index contributed by atoms with van der Waals surface area (Å²) < 4.78 is 40.3. The van der Waals surface area contributed by atoms with Crippen molar-refractivity contribution in [1.29, 1.82) is 0 Å². The zero-order chi connectivity index (χ0) is 29.7. The van der Waals surface area contributed by atoms with Crippen molar-refractivity contribution in [2.75, 3.05) is 11.3 Å². The summed E-state index contributed by atoms with van der Waals surface area (Å²) in [5.41, 5.74) is 3.50. The van der Waals surface area contributed by atoms with Gasteiger partial charge in [0.1, 0.15) is 12.2 Å². The molecule has 40 heavy (non-hydrogen) atoms. The number of amides is 1. The summed E-state index contributed by atoms with van der Waals surface area (Å²) in [6.07, 6.45) is 0.105. The Kier molecular flexibility index (Phi) is 9.78. The highest BCUT2D eigenvalue weighted by Gasteiger charge is 2.22. The van der Waals surface area contributed by atoms with Crippen LogP contribution in [0, 0.1) is 26.7 Å². The van der Waals surface area contributed by atoms with Crippen molar-refractivity contribution < 1.29 is 22.7 Å². The van der Waals surface area contributed by atoms with E-state index in [0.29, 0.717) is 12.1 Å². The zero-order valence-corrected chi connectivity index (χ0v) is 25.3. The first-order valence-corrected chi connectivity index (χ1v) is 14.8. The Labute approximate surface area is 237 Å². The molecule has 0 saturated heterocycles. The predicted octanol–water partition coefficient (Wildman–Crippen LogP) is 6.19. The summed E-state index contributed by atoms with van der Waals surface area (Å²) >= 11 is 0. The number of sulfonamides is 1. The lowest BCUT2D eigenvalue weighted by atomic mass is 10.00. The molecule has 216 valence electrons. The van der Waals surface area contributed by atoms with Crippen LogP contribution in [0.15, 0.2) is 53.4 Å². The number of benzene rings is 2. The van der Waals surface area contributed by atoms with Crippen LogP contribution in [-0.4, -0.2) is 42.7 Å². The van der Waals surface area contributed by atoms with E-state index in [4.69, 9.17) is 9.47 Å². The van der Waals surface area contributed by atoms with Gasteiger partial charge in [0.25, 0.3) is 10.0 Å². The Morgan fingerprint density at radius 3 is 2.23 bits per heavy atom. The second kappa shape index (κ2) is 12.7. The molecule has 10 heteroatoms. The molecule has 0 fully saturated rings. The highest BCUT2D eigenvalue weighted by Crippen LogP contribution is 2.29. The van der Waals surface area contributed by atoms with Crippen LogP contribution >= 0.6 is 0 Å². The first-order chi connectivity index (χ1) is 18.6. The predicted molar refractivity (Wildman–Crippen MR) is 157 cm³/mol. The first kappa shape index (κ1) is 30.9. The molecule has 0 unspecified atom stereocenters. The Balaban J connectivity index is 1.96. The number of ether oxygens (including phenoxy) is 2. The molecular weight excluding hydrogens is 528 g/mol. The smallest absolute Gasteiger partial charge is 0.407 e. The van der Waals surface area contributed by atoms with E-state index >= 15 is 0 Å². The molecule has 0 bridgehead atoms. The van der Waals surface area contributed by atoms with E-state index in [1.54, 1.807) is 39.0 Å². The van der Waals surface area contributed by atoms with Gasteiger partial charge < -0.3 is 14.8 Å². The van der Waals surface area contributed by atoms with Gasteiger partial charge in [-0.3, -0.25) is 0 Å². The number of carbonyl (C=O) groups excluding carboxylic acids is 1. The molecule has 1 aromatic heterocycles. The van der Waals surface area contributed by atoms with Crippen LogP contribution < -0.4 is 14.8 Å². The van der Waals surface area contributed by atoms with Crippen LogP contribution in [0.4, 0.5) is 10.7 Å². The van der Waals surface area contributed by atoms with Crippen molar-refractivity contribution in [1.82, 2.24) is 15.3 Å². The summed E-state index contributed by atoms with van der Waals surface area (Å²) in [6, 6.07) is 13.8. The van der Waals surface area contributed by atoms with Crippen molar-refractivity contribution in [3.8, 4) is 17.1 Å². The van der Waals surface area contributed by atoms with Gasteiger partial charge in [0.05, 0.1) is 16.6 Å². The number of hydrogen-bond acceptors (Lipinski definition) is 7. The summed E-state index contributed by atoms with van der Waals surface area (Å²) in [7, 11) is -3.96. The average Bonchev–Trinajstić information content (AvgIpc) is 2.80. The molecule has 3 rings (SSSR count). The van der Waals surface area contributed by atoms with Crippen LogP contribution in [0.2, 0.25) is 0 Å². The Morgan fingerprint density at radius 2 is 1.62 bits per heavy atom. The van der Waals surface area contributed by atoms with Gasteiger partial charge in [0, 0.05) is 11.6 Å². The number of hydrogen-bond donors (Lipinski definition) is 2. The lowest BCUT2D eigenvalue weighted by molar-refractivity contribution is 0.0479. The van der Waals surface area contributed by atoms with Gasteiger partial charge in [-0.05, 0) is 82.7 Å². The number of anilines is 1. The van der Waals surface area contributed by atoms with E-state index < -0.39 is 21.7 Å². The van der Waals surface area contributed by atoms with Crippen molar-refractivity contribution in [2.24, 2.45) is 5.92 Å². The number of aryl methyl sites for hydroxylation is 3. The quantitative estimate of drug-likeness (QED) is 0.299. The number of nitrogens with one attached hydrogen (secondary N) is 2. The minimum atomic E-state index is -3.96. The molecule has 1 heterocycles. The summed E-state index contributed by atoms with van der Waals surface area (Å²) in [6.45, 7) is 15.3. The van der Waals surface area contributed by atoms with Gasteiger partial charge in [-0.2, -0.15) is 4.98 Å². The highest BCUT2D eigenvalue weighted by molar-refractivity contribution is 7.92. The molecule has 9 nitrogen and oxygen atoms in total. The number of alkyl carbamates (subject to hydrolysis) is 1. The minimum absolute atomic E-state index is 0.102. The van der Waals surface area contributed by atoms with Crippen molar-refractivity contribution in [3.05, 3.63) is 65.2 Å². The zero-order valence-electron chi connectivity index (χ0n) is 24.5. The Morgan fingerprint density at radius 1 is 0.975 bits per heavy atom. The van der Waals surface area contributed by atoms with E-state index in [1.807, 2.05) is 58.9 Å². The Bertz CT molecular complexity index is 1430. The molecule has 0 radical (unpaired) electrons. The summed E-state index contributed by atoms with van der Waals surface area (Å²) in [5.74, 6) is 0.335. The normalized spacial score (nSPS) is 12.6. The molecule has 0 spiro atoms. The maximum atomic E-state index is 13.2. The largest absolute Gasteiger partial charge is 0.475 e.